The molecule has 0 saturated carbocycles. The lowest BCUT2D eigenvalue weighted by Gasteiger charge is -2.16. The van der Waals surface area contributed by atoms with Gasteiger partial charge in [-0.15, -0.1) is 0 Å². The molecule has 3 rings (SSSR count). The van der Waals surface area contributed by atoms with Crippen molar-refractivity contribution in [1.82, 2.24) is 0 Å². The van der Waals surface area contributed by atoms with E-state index in [1.165, 1.54) is 11.0 Å². The highest BCUT2D eigenvalue weighted by Crippen LogP contribution is 2.36. The van der Waals surface area contributed by atoms with Crippen LogP contribution in [0.4, 0.5) is 24.5 Å². The molecule has 0 bridgehead atoms. The molecule has 158 valence electrons. The molecule has 30 heavy (non-hydrogen) atoms. The van der Waals surface area contributed by atoms with E-state index in [0.717, 1.165) is 6.07 Å². The van der Waals surface area contributed by atoms with Gasteiger partial charge in [-0.25, -0.2) is 0 Å². The van der Waals surface area contributed by atoms with Crippen molar-refractivity contribution in [2.75, 3.05) is 23.4 Å². The van der Waals surface area contributed by atoms with Gasteiger partial charge in [0.2, 0.25) is 5.91 Å². The Morgan fingerprint density at radius 2 is 1.87 bits per heavy atom. The van der Waals surface area contributed by atoms with Gasteiger partial charge in [0.1, 0.15) is 0 Å². The first-order valence-electron chi connectivity index (χ1n) is 8.84. The molecule has 0 aromatic heterocycles. The van der Waals surface area contributed by atoms with Crippen LogP contribution in [0.5, 0.6) is 0 Å². The Labute approximate surface area is 174 Å². The van der Waals surface area contributed by atoms with Crippen molar-refractivity contribution >= 4 is 40.8 Å². The van der Waals surface area contributed by atoms with Crippen LogP contribution in [0.15, 0.2) is 48.5 Å². The van der Waals surface area contributed by atoms with Gasteiger partial charge in [0, 0.05) is 24.3 Å². The maximum Gasteiger partial charge on any atom is 0.417 e. The second-order valence-electron chi connectivity index (χ2n) is 6.59. The largest absolute Gasteiger partial charge is 0.455 e. The summed E-state index contributed by atoms with van der Waals surface area (Å²) in [6.45, 7) is -0.575. The number of ether oxygens (including phenoxy) is 1. The van der Waals surface area contributed by atoms with Crippen LogP contribution in [-0.2, 0) is 25.3 Å². The van der Waals surface area contributed by atoms with E-state index in [9.17, 15) is 27.6 Å². The average molecular weight is 441 g/mol. The first kappa shape index (κ1) is 21.6. The molecule has 1 aliphatic heterocycles. The van der Waals surface area contributed by atoms with Crippen LogP contribution in [0.3, 0.4) is 0 Å². The van der Waals surface area contributed by atoms with Crippen LogP contribution in [0.1, 0.15) is 12.0 Å². The Morgan fingerprint density at radius 3 is 2.53 bits per heavy atom. The highest BCUT2D eigenvalue weighted by Gasteiger charge is 2.36. The van der Waals surface area contributed by atoms with Crippen LogP contribution in [0, 0.1) is 5.92 Å². The minimum atomic E-state index is -4.68. The summed E-state index contributed by atoms with van der Waals surface area (Å²) >= 11 is 5.53. The zero-order chi connectivity index (χ0) is 21.9. The second kappa shape index (κ2) is 8.74. The summed E-state index contributed by atoms with van der Waals surface area (Å²) in [5, 5.41) is 1.72. The van der Waals surface area contributed by atoms with Gasteiger partial charge >= 0.3 is 12.1 Å². The smallest absolute Gasteiger partial charge is 0.417 e. The fraction of sp³-hybridized carbons (Fsp3) is 0.250. The maximum atomic E-state index is 12.9. The summed E-state index contributed by atoms with van der Waals surface area (Å²) in [6.07, 6.45) is -4.73. The fourth-order valence-electron chi connectivity index (χ4n) is 2.99. The third-order valence-corrected chi connectivity index (χ3v) is 4.76. The third-order valence-electron chi connectivity index (χ3n) is 4.43. The van der Waals surface area contributed by atoms with E-state index in [2.05, 4.69) is 5.32 Å². The molecule has 1 saturated heterocycles. The minimum absolute atomic E-state index is 0.0541. The van der Waals surface area contributed by atoms with E-state index < -0.39 is 41.2 Å². The molecule has 2 aromatic rings. The van der Waals surface area contributed by atoms with Gasteiger partial charge in [0.25, 0.3) is 5.91 Å². The Morgan fingerprint density at radius 1 is 1.17 bits per heavy atom. The lowest BCUT2D eigenvalue weighted by molar-refractivity contribution is -0.151. The number of hydrogen-bond donors (Lipinski definition) is 1. The fourth-order valence-corrected chi connectivity index (χ4v) is 3.22. The minimum Gasteiger partial charge on any atom is -0.455 e. The van der Waals surface area contributed by atoms with Crippen molar-refractivity contribution in [1.29, 1.82) is 0 Å². The number of alkyl halides is 3. The Kier molecular flexibility index (Phi) is 6.31. The van der Waals surface area contributed by atoms with E-state index in [4.69, 9.17) is 16.3 Å². The molecule has 1 aliphatic rings. The zero-order valence-corrected chi connectivity index (χ0v) is 16.2. The molecule has 2 aromatic carbocycles. The zero-order valence-electron chi connectivity index (χ0n) is 15.4. The van der Waals surface area contributed by atoms with Crippen molar-refractivity contribution in [2.45, 2.75) is 12.6 Å². The van der Waals surface area contributed by atoms with Gasteiger partial charge in [-0.2, -0.15) is 13.2 Å². The lowest BCUT2D eigenvalue weighted by atomic mass is 10.1. The molecular weight excluding hydrogens is 425 g/mol. The van der Waals surface area contributed by atoms with Crippen molar-refractivity contribution in [2.24, 2.45) is 5.92 Å². The quantitative estimate of drug-likeness (QED) is 0.716. The molecule has 6 nitrogen and oxygen atoms in total. The van der Waals surface area contributed by atoms with E-state index in [-0.39, 0.29) is 24.6 Å². The standard InChI is InChI=1S/C20H16ClF3N2O4/c21-16-7-6-13(9-15(16)20(22,23)24)25-17(27)11-30-19(29)12-8-18(28)26(10-12)14-4-2-1-3-5-14/h1-7,9,12H,8,10-11H2,(H,25,27)/t12-/m0/s1. The number of esters is 1. The SMILES string of the molecule is O=C(COC(=O)[C@H]1CC(=O)N(c2ccccc2)C1)Nc1ccc(Cl)c(C(F)(F)F)c1. The van der Waals surface area contributed by atoms with E-state index in [1.807, 2.05) is 0 Å². The second-order valence-corrected chi connectivity index (χ2v) is 7.00. The van der Waals surface area contributed by atoms with Crippen molar-refractivity contribution in [3.05, 3.63) is 59.1 Å². The van der Waals surface area contributed by atoms with E-state index in [1.54, 1.807) is 30.3 Å². The average Bonchev–Trinajstić information content (AvgIpc) is 3.09. The molecule has 1 N–H and O–H groups in total. The number of para-hydroxylation sites is 1. The van der Waals surface area contributed by atoms with Crippen LogP contribution < -0.4 is 10.2 Å². The van der Waals surface area contributed by atoms with Crippen LogP contribution in [0.25, 0.3) is 0 Å². The Hall–Kier alpha value is -3.07. The number of benzene rings is 2. The first-order valence-corrected chi connectivity index (χ1v) is 9.21. The molecule has 1 fully saturated rings. The van der Waals surface area contributed by atoms with Crippen LogP contribution >= 0.6 is 11.6 Å². The number of amides is 2. The van der Waals surface area contributed by atoms with Gasteiger partial charge in [0.05, 0.1) is 16.5 Å². The molecule has 1 heterocycles. The van der Waals surface area contributed by atoms with E-state index in [0.29, 0.717) is 11.8 Å². The van der Waals surface area contributed by atoms with Gasteiger partial charge in [-0.05, 0) is 30.3 Å². The van der Waals surface area contributed by atoms with Crippen molar-refractivity contribution in [3.8, 4) is 0 Å². The summed E-state index contributed by atoms with van der Waals surface area (Å²) < 4.78 is 43.6. The van der Waals surface area contributed by atoms with Gasteiger partial charge in [0.15, 0.2) is 6.61 Å². The predicted octanol–water partition coefficient (Wildman–Crippen LogP) is 3.89. The number of anilines is 2. The highest BCUT2D eigenvalue weighted by atomic mass is 35.5. The summed E-state index contributed by atoms with van der Waals surface area (Å²) in [7, 11) is 0. The normalized spacial score (nSPS) is 16.5. The Bertz CT molecular complexity index is 966. The number of halogens is 4. The van der Waals surface area contributed by atoms with Crippen LogP contribution in [-0.4, -0.2) is 30.9 Å². The summed E-state index contributed by atoms with van der Waals surface area (Å²) in [4.78, 5) is 37.8. The van der Waals surface area contributed by atoms with Crippen molar-refractivity contribution in [3.63, 3.8) is 0 Å². The van der Waals surface area contributed by atoms with E-state index >= 15 is 0 Å². The molecule has 0 radical (unpaired) electrons. The third kappa shape index (κ3) is 5.10. The molecule has 0 aliphatic carbocycles. The first-order chi connectivity index (χ1) is 14.1. The number of nitrogens with zero attached hydrogens (tertiary/aromatic N) is 1. The number of rotatable bonds is 5. The topological polar surface area (TPSA) is 75.7 Å². The maximum absolute atomic E-state index is 12.9. The summed E-state index contributed by atoms with van der Waals surface area (Å²) in [6, 6.07) is 11.7. The summed E-state index contributed by atoms with van der Waals surface area (Å²) in [5.41, 5.74) is -0.581. The highest BCUT2D eigenvalue weighted by molar-refractivity contribution is 6.31. The monoisotopic (exact) mass is 440 g/mol. The molecule has 0 unspecified atom stereocenters. The molecule has 1 atom stereocenters. The molecule has 10 heteroatoms. The number of carbonyl (C=O) groups is 3. The molecule has 0 spiro atoms. The number of carbonyl (C=O) groups excluding carboxylic acids is 3. The summed E-state index contributed by atoms with van der Waals surface area (Å²) in [5.74, 6) is -2.53. The Balaban J connectivity index is 1.54. The number of nitrogens with one attached hydrogen (secondary N) is 1. The van der Waals surface area contributed by atoms with Crippen LogP contribution in [0.2, 0.25) is 5.02 Å². The van der Waals surface area contributed by atoms with Crippen molar-refractivity contribution < 1.29 is 32.3 Å². The molecular formula is C20H16ClF3N2O4. The molecule has 2 amide bonds. The predicted molar refractivity (Wildman–Crippen MR) is 103 cm³/mol. The number of hydrogen-bond acceptors (Lipinski definition) is 4. The lowest BCUT2D eigenvalue weighted by Crippen LogP contribution is -2.28. The van der Waals surface area contributed by atoms with Gasteiger partial charge in [-0.1, -0.05) is 29.8 Å². The van der Waals surface area contributed by atoms with Gasteiger partial charge < -0.3 is 15.0 Å². The van der Waals surface area contributed by atoms with Gasteiger partial charge in [-0.3, -0.25) is 14.4 Å².